The van der Waals surface area contributed by atoms with Gasteiger partial charge in [-0.05, 0) is 61.9 Å². The molecule has 0 bridgehead atoms. The van der Waals surface area contributed by atoms with Crippen LogP contribution in [0.2, 0.25) is 0 Å². The fourth-order valence-electron chi connectivity index (χ4n) is 4.16. The second kappa shape index (κ2) is 10.6. The summed E-state index contributed by atoms with van der Waals surface area (Å²) in [6.45, 7) is 3.02. The number of benzene rings is 3. The number of hydrogen-bond donors (Lipinski definition) is 3. The SMILES string of the molecule is COc1ccc(CNC(=O)c2cc3c(cc2[N+](=O)[O-])OC(C)(C)[C@@H](O)[C@@H]3NS(=O)(=O)c2ccc(F)cc2)cc1. The lowest BCUT2D eigenvalue weighted by molar-refractivity contribution is -0.385. The molecule has 2 atom stereocenters. The number of carbonyl (C=O) groups excluding carboxylic acids is 1. The highest BCUT2D eigenvalue weighted by molar-refractivity contribution is 7.89. The summed E-state index contributed by atoms with van der Waals surface area (Å²) < 4.78 is 52.8. The average Bonchev–Trinajstić information content (AvgIpc) is 2.89. The number of sulfonamides is 1. The van der Waals surface area contributed by atoms with Gasteiger partial charge in [0, 0.05) is 12.1 Å². The Hall–Kier alpha value is -4.07. The summed E-state index contributed by atoms with van der Waals surface area (Å²) in [5, 5.41) is 25.5. The van der Waals surface area contributed by atoms with Crippen molar-refractivity contribution in [3.63, 3.8) is 0 Å². The van der Waals surface area contributed by atoms with E-state index in [9.17, 15) is 32.8 Å². The molecule has 0 saturated carbocycles. The lowest BCUT2D eigenvalue weighted by Gasteiger charge is -2.42. The van der Waals surface area contributed by atoms with Crippen LogP contribution < -0.4 is 19.5 Å². The molecule has 39 heavy (non-hydrogen) atoms. The standard InChI is InChI=1S/C26H26FN3O8S/c1-26(2)24(31)23(29-39(35,36)18-10-6-16(27)7-11-18)20-12-19(21(30(33)34)13-22(20)38-26)25(32)28-14-15-4-8-17(37-3)9-5-15/h4-13,23-24,29,31H,14H2,1-3H3,(H,28,32)/t23-,24+/m1/s1. The van der Waals surface area contributed by atoms with Gasteiger partial charge in [-0.15, -0.1) is 0 Å². The average molecular weight is 560 g/mol. The van der Waals surface area contributed by atoms with Gasteiger partial charge >= 0.3 is 0 Å². The van der Waals surface area contributed by atoms with Gasteiger partial charge in [0.15, 0.2) is 0 Å². The maximum Gasteiger partial charge on any atom is 0.285 e. The number of ether oxygens (including phenoxy) is 2. The summed E-state index contributed by atoms with van der Waals surface area (Å²) in [5.74, 6) is -0.884. The van der Waals surface area contributed by atoms with E-state index in [-0.39, 0.29) is 28.3 Å². The number of methoxy groups -OCH3 is 1. The van der Waals surface area contributed by atoms with Gasteiger partial charge in [-0.1, -0.05) is 12.1 Å². The van der Waals surface area contributed by atoms with Crippen molar-refractivity contribution in [3.8, 4) is 11.5 Å². The lowest BCUT2D eigenvalue weighted by atomic mass is 9.86. The molecule has 3 aromatic rings. The van der Waals surface area contributed by atoms with E-state index < -0.39 is 50.1 Å². The first-order chi connectivity index (χ1) is 18.3. The van der Waals surface area contributed by atoms with Crippen molar-refractivity contribution in [2.75, 3.05) is 7.11 Å². The Morgan fingerprint density at radius 3 is 2.38 bits per heavy atom. The first-order valence-corrected chi connectivity index (χ1v) is 13.2. The Bertz CT molecular complexity index is 1510. The molecule has 11 nitrogen and oxygen atoms in total. The van der Waals surface area contributed by atoms with Gasteiger partial charge < -0.3 is 19.9 Å². The molecule has 0 aromatic heterocycles. The van der Waals surface area contributed by atoms with Gasteiger partial charge in [0.05, 0.1) is 29.0 Å². The van der Waals surface area contributed by atoms with Crippen LogP contribution in [0.4, 0.5) is 10.1 Å². The number of aliphatic hydroxyl groups excluding tert-OH is 1. The second-order valence-electron chi connectivity index (χ2n) is 9.40. The number of nitrogens with one attached hydrogen (secondary N) is 2. The zero-order valence-electron chi connectivity index (χ0n) is 21.2. The van der Waals surface area contributed by atoms with Crippen LogP contribution in [0.25, 0.3) is 0 Å². The Kier molecular flexibility index (Phi) is 7.59. The van der Waals surface area contributed by atoms with Crippen LogP contribution in [0.3, 0.4) is 0 Å². The maximum atomic E-state index is 13.4. The Morgan fingerprint density at radius 2 is 1.79 bits per heavy atom. The molecule has 0 aliphatic carbocycles. The highest BCUT2D eigenvalue weighted by Gasteiger charge is 2.46. The van der Waals surface area contributed by atoms with Gasteiger partial charge in [0.1, 0.15) is 34.6 Å². The van der Waals surface area contributed by atoms with Crippen molar-refractivity contribution in [1.29, 1.82) is 0 Å². The van der Waals surface area contributed by atoms with E-state index in [0.29, 0.717) is 11.3 Å². The molecule has 0 radical (unpaired) electrons. The van der Waals surface area contributed by atoms with Crippen LogP contribution in [0, 0.1) is 15.9 Å². The molecule has 0 fully saturated rings. The normalized spacial score (nSPS) is 18.0. The lowest BCUT2D eigenvalue weighted by Crippen LogP contribution is -2.53. The Balaban J connectivity index is 1.71. The van der Waals surface area contributed by atoms with Gasteiger partial charge in [-0.25, -0.2) is 17.5 Å². The third-order valence-electron chi connectivity index (χ3n) is 6.32. The molecule has 1 amide bonds. The van der Waals surface area contributed by atoms with E-state index in [2.05, 4.69) is 10.0 Å². The quantitative estimate of drug-likeness (QED) is 0.280. The molecule has 0 unspecified atom stereocenters. The van der Waals surface area contributed by atoms with Crippen molar-refractivity contribution < 1.29 is 37.1 Å². The van der Waals surface area contributed by atoms with E-state index in [1.807, 2.05) is 0 Å². The molecule has 1 aliphatic rings. The summed E-state index contributed by atoms with van der Waals surface area (Å²) >= 11 is 0. The smallest absolute Gasteiger partial charge is 0.285 e. The van der Waals surface area contributed by atoms with Crippen molar-refractivity contribution in [2.45, 2.75) is 43.0 Å². The van der Waals surface area contributed by atoms with E-state index in [4.69, 9.17) is 9.47 Å². The molecule has 0 saturated heterocycles. The minimum Gasteiger partial charge on any atom is -0.497 e. The third-order valence-corrected chi connectivity index (χ3v) is 7.78. The van der Waals surface area contributed by atoms with Gasteiger partial charge in [0.25, 0.3) is 11.6 Å². The summed E-state index contributed by atoms with van der Waals surface area (Å²) in [5.41, 5.74) is -1.56. The molecule has 13 heteroatoms. The second-order valence-corrected chi connectivity index (χ2v) is 11.1. The molecule has 4 rings (SSSR count). The van der Waals surface area contributed by atoms with Crippen LogP contribution in [-0.2, 0) is 16.6 Å². The first kappa shape index (κ1) is 28.0. The zero-order valence-corrected chi connectivity index (χ0v) is 22.0. The number of carbonyl (C=O) groups is 1. The minimum atomic E-state index is -4.29. The molecular formula is C26H26FN3O8S. The van der Waals surface area contributed by atoms with Gasteiger partial charge in [-0.2, -0.15) is 0 Å². The van der Waals surface area contributed by atoms with Crippen molar-refractivity contribution >= 4 is 21.6 Å². The molecular weight excluding hydrogens is 533 g/mol. The third kappa shape index (κ3) is 5.85. The fraction of sp³-hybridized carbons (Fsp3) is 0.269. The molecule has 3 aromatic carbocycles. The van der Waals surface area contributed by atoms with Crippen molar-refractivity contribution in [3.05, 3.63) is 93.3 Å². The summed E-state index contributed by atoms with van der Waals surface area (Å²) in [7, 11) is -2.78. The number of amides is 1. The van der Waals surface area contributed by atoms with Gasteiger partial charge in [0.2, 0.25) is 10.0 Å². The number of halogens is 1. The molecule has 0 spiro atoms. The van der Waals surface area contributed by atoms with E-state index in [0.717, 1.165) is 36.4 Å². The number of fused-ring (bicyclic) bond motifs is 1. The number of nitro groups is 1. The highest BCUT2D eigenvalue weighted by Crippen LogP contribution is 2.43. The Labute approximate surface area is 223 Å². The number of rotatable bonds is 8. The van der Waals surface area contributed by atoms with Crippen LogP contribution in [-0.4, -0.2) is 43.2 Å². The summed E-state index contributed by atoms with van der Waals surface area (Å²) in [6, 6.07) is 11.7. The summed E-state index contributed by atoms with van der Waals surface area (Å²) in [6.07, 6.45) is -1.46. The van der Waals surface area contributed by atoms with Crippen LogP contribution in [0.1, 0.15) is 41.4 Å². The fourth-order valence-corrected chi connectivity index (χ4v) is 5.38. The van der Waals surface area contributed by atoms with Gasteiger partial charge in [-0.3, -0.25) is 14.9 Å². The first-order valence-electron chi connectivity index (χ1n) is 11.7. The molecule has 206 valence electrons. The number of nitrogens with zero attached hydrogens (tertiary/aromatic N) is 1. The number of aliphatic hydroxyl groups is 1. The van der Waals surface area contributed by atoms with Crippen LogP contribution in [0.15, 0.2) is 65.6 Å². The van der Waals surface area contributed by atoms with E-state index in [1.165, 1.54) is 21.0 Å². The molecule has 3 N–H and O–H groups in total. The molecule has 1 aliphatic heterocycles. The summed E-state index contributed by atoms with van der Waals surface area (Å²) in [4.78, 5) is 23.9. The predicted molar refractivity (Wildman–Crippen MR) is 137 cm³/mol. The van der Waals surface area contributed by atoms with Crippen LogP contribution >= 0.6 is 0 Å². The topological polar surface area (TPSA) is 157 Å². The van der Waals surface area contributed by atoms with Crippen LogP contribution in [0.5, 0.6) is 11.5 Å². The molecule has 1 heterocycles. The largest absolute Gasteiger partial charge is 0.497 e. The van der Waals surface area contributed by atoms with Crippen molar-refractivity contribution in [1.82, 2.24) is 10.0 Å². The van der Waals surface area contributed by atoms with E-state index in [1.54, 1.807) is 24.3 Å². The minimum absolute atomic E-state index is 0.0210. The number of hydrogen-bond acceptors (Lipinski definition) is 8. The maximum absolute atomic E-state index is 13.4. The predicted octanol–water partition coefficient (Wildman–Crippen LogP) is 3.22. The monoisotopic (exact) mass is 559 g/mol. The Morgan fingerprint density at radius 1 is 1.15 bits per heavy atom. The van der Waals surface area contributed by atoms with E-state index >= 15 is 0 Å². The van der Waals surface area contributed by atoms with Crippen molar-refractivity contribution in [2.24, 2.45) is 0 Å². The zero-order chi connectivity index (χ0) is 28.5. The highest BCUT2D eigenvalue weighted by atomic mass is 32.2. The number of nitro benzene ring substituents is 1.